The van der Waals surface area contributed by atoms with Gasteiger partial charge in [-0.05, 0) is 36.2 Å². The minimum atomic E-state index is -0.725. The van der Waals surface area contributed by atoms with Gasteiger partial charge in [-0.1, -0.05) is 109 Å². The highest BCUT2D eigenvalue weighted by atomic mass is 16.5. The van der Waals surface area contributed by atoms with E-state index in [0.717, 1.165) is 29.6 Å². The molecule has 216 valence electrons. The van der Waals surface area contributed by atoms with Gasteiger partial charge in [-0.2, -0.15) is 0 Å². The first-order valence-electron chi connectivity index (χ1n) is 15.3. The minimum Gasteiger partial charge on any atom is -0.493 e. The van der Waals surface area contributed by atoms with E-state index < -0.39 is 6.10 Å². The van der Waals surface area contributed by atoms with Gasteiger partial charge in [0.15, 0.2) is 11.5 Å². The van der Waals surface area contributed by atoms with Crippen molar-refractivity contribution in [3.8, 4) is 11.5 Å². The van der Waals surface area contributed by atoms with E-state index in [9.17, 15) is 5.11 Å². The van der Waals surface area contributed by atoms with Gasteiger partial charge in [-0.3, -0.25) is 5.73 Å². The number of nitrogens with two attached hydrogens (primary N) is 1. The number of methoxy groups -OCH3 is 2. The molecule has 3 N–H and O–H groups in total. The number of aryl methyl sites for hydroxylation is 1. The molecule has 0 radical (unpaired) electrons. The van der Waals surface area contributed by atoms with Crippen LogP contribution in [0.25, 0.3) is 11.0 Å². The summed E-state index contributed by atoms with van der Waals surface area (Å²) in [5.74, 6) is 1.93. The van der Waals surface area contributed by atoms with Gasteiger partial charge in [0.05, 0.1) is 20.8 Å². The summed E-state index contributed by atoms with van der Waals surface area (Å²) < 4.78 is 15.0. The van der Waals surface area contributed by atoms with Crippen molar-refractivity contribution in [3.05, 3.63) is 48.0 Å². The molecule has 3 aromatic rings. The Kier molecular flexibility index (Phi) is 13.5. The van der Waals surface area contributed by atoms with Crippen molar-refractivity contribution >= 4 is 17.0 Å². The number of nitrogens with zero attached hydrogens (tertiary/aromatic N) is 2. The molecule has 0 saturated carbocycles. The number of aromatic nitrogens is 2. The molecule has 1 aromatic heterocycles. The second kappa shape index (κ2) is 17.1. The van der Waals surface area contributed by atoms with Gasteiger partial charge in [0.25, 0.3) is 0 Å². The van der Waals surface area contributed by atoms with Crippen LogP contribution in [0, 0.1) is 0 Å². The minimum absolute atomic E-state index is 0.369. The fraction of sp³-hybridized carbons (Fsp3) is 0.606. The summed E-state index contributed by atoms with van der Waals surface area (Å²) >= 11 is 0. The van der Waals surface area contributed by atoms with E-state index in [1.807, 2.05) is 28.8 Å². The maximum atomic E-state index is 11.1. The highest BCUT2D eigenvalue weighted by Crippen LogP contribution is 2.30. The van der Waals surface area contributed by atoms with E-state index in [-0.39, 0.29) is 0 Å². The fourth-order valence-electron chi connectivity index (χ4n) is 5.54. The van der Waals surface area contributed by atoms with Gasteiger partial charge >= 0.3 is 5.95 Å². The predicted octanol–water partition coefficient (Wildman–Crippen LogP) is 7.74. The molecule has 0 bridgehead atoms. The van der Waals surface area contributed by atoms with Crippen LogP contribution in [0.4, 0.5) is 5.95 Å². The number of imidazole rings is 1. The number of aliphatic hydroxyl groups excluding tert-OH is 1. The standard InChI is InChI=1S/C33H51N3O3/c1-4-5-6-7-8-9-10-11-12-13-14-15-16-19-24-35-28-20-17-18-21-29(28)36(33(35)34)26-30(37)27-22-23-31(38-2)32(25-27)39-3/h17-18,20-23,25,30,34,37H,4-16,19,24,26H2,1-3H3/p+1. The Morgan fingerprint density at radius 1 is 0.769 bits per heavy atom. The summed E-state index contributed by atoms with van der Waals surface area (Å²) in [5.41, 5.74) is 9.59. The fourth-order valence-corrected chi connectivity index (χ4v) is 5.54. The van der Waals surface area contributed by atoms with E-state index >= 15 is 0 Å². The quantitative estimate of drug-likeness (QED) is 0.114. The van der Waals surface area contributed by atoms with E-state index in [0.29, 0.717) is 24.0 Å². The Labute approximate surface area is 236 Å². The monoisotopic (exact) mass is 538 g/mol. The molecule has 0 amide bonds. The van der Waals surface area contributed by atoms with Crippen LogP contribution in [0.3, 0.4) is 0 Å². The van der Waals surface area contributed by atoms with Crippen molar-refractivity contribution in [2.45, 2.75) is 116 Å². The number of aliphatic hydroxyl groups is 1. The van der Waals surface area contributed by atoms with Crippen molar-refractivity contribution in [1.82, 2.24) is 4.57 Å². The number of unbranched alkanes of at least 4 members (excludes halogenated alkanes) is 13. The van der Waals surface area contributed by atoms with Gasteiger partial charge in [-0.25, -0.2) is 9.13 Å². The molecule has 0 aliphatic carbocycles. The zero-order valence-electron chi connectivity index (χ0n) is 24.7. The molecular formula is C33H52N3O3+. The average molecular weight is 539 g/mol. The molecule has 0 spiro atoms. The number of fused-ring (bicyclic) bond motifs is 1. The molecule has 0 fully saturated rings. The third-order valence-electron chi connectivity index (χ3n) is 7.90. The summed E-state index contributed by atoms with van der Waals surface area (Å²) in [5, 5.41) is 11.1. The highest BCUT2D eigenvalue weighted by molar-refractivity contribution is 5.73. The van der Waals surface area contributed by atoms with E-state index in [2.05, 4.69) is 29.7 Å². The molecule has 6 nitrogen and oxygen atoms in total. The highest BCUT2D eigenvalue weighted by Gasteiger charge is 2.23. The molecule has 6 heteroatoms. The lowest BCUT2D eigenvalue weighted by Gasteiger charge is -2.14. The molecular weight excluding hydrogens is 486 g/mol. The maximum Gasteiger partial charge on any atom is 0.356 e. The molecule has 3 rings (SSSR count). The Morgan fingerprint density at radius 2 is 1.33 bits per heavy atom. The molecule has 0 aliphatic heterocycles. The number of hydrogen-bond acceptors (Lipinski definition) is 4. The summed E-state index contributed by atoms with van der Waals surface area (Å²) in [6.07, 6.45) is 18.2. The van der Waals surface area contributed by atoms with E-state index in [1.165, 1.54) is 83.5 Å². The van der Waals surface area contributed by atoms with Crippen LogP contribution in [0.15, 0.2) is 42.5 Å². The topological polar surface area (TPSA) is 73.5 Å². The van der Waals surface area contributed by atoms with Gasteiger partial charge < -0.3 is 14.6 Å². The van der Waals surface area contributed by atoms with Crippen molar-refractivity contribution in [1.29, 1.82) is 0 Å². The molecule has 0 saturated heterocycles. The number of hydrogen-bond donors (Lipinski definition) is 2. The van der Waals surface area contributed by atoms with Crippen molar-refractivity contribution in [3.63, 3.8) is 0 Å². The number of ether oxygens (including phenoxy) is 2. The van der Waals surface area contributed by atoms with Gasteiger partial charge in [0.1, 0.15) is 23.7 Å². The Morgan fingerprint density at radius 3 is 1.92 bits per heavy atom. The van der Waals surface area contributed by atoms with Crippen LogP contribution in [-0.4, -0.2) is 23.9 Å². The smallest absolute Gasteiger partial charge is 0.356 e. The van der Waals surface area contributed by atoms with Crippen LogP contribution in [0.5, 0.6) is 11.5 Å². The molecule has 0 aliphatic rings. The first-order chi connectivity index (χ1) is 19.1. The van der Waals surface area contributed by atoms with Crippen molar-refractivity contribution in [2.75, 3.05) is 20.0 Å². The second-order valence-corrected chi connectivity index (χ2v) is 10.8. The summed E-state index contributed by atoms with van der Waals surface area (Å²) in [7, 11) is 3.21. The van der Waals surface area contributed by atoms with Gasteiger partial charge in [-0.15, -0.1) is 0 Å². The number of rotatable bonds is 20. The van der Waals surface area contributed by atoms with Gasteiger partial charge in [0.2, 0.25) is 0 Å². The largest absolute Gasteiger partial charge is 0.493 e. The second-order valence-electron chi connectivity index (χ2n) is 10.8. The lowest BCUT2D eigenvalue weighted by molar-refractivity contribution is -0.666. The Bertz CT molecular complexity index is 1110. The molecule has 1 heterocycles. The summed E-state index contributed by atoms with van der Waals surface area (Å²) in [4.78, 5) is 0. The zero-order chi connectivity index (χ0) is 27.9. The van der Waals surface area contributed by atoms with Crippen molar-refractivity contribution in [2.24, 2.45) is 0 Å². The van der Waals surface area contributed by atoms with Crippen LogP contribution < -0.4 is 19.8 Å². The van der Waals surface area contributed by atoms with E-state index in [1.54, 1.807) is 14.2 Å². The lowest BCUT2D eigenvalue weighted by atomic mass is 10.0. The van der Waals surface area contributed by atoms with E-state index in [4.69, 9.17) is 15.2 Å². The van der Waals surface area contributed by atoms with Crippen molar-refractivity contribution < 1.29 is 19.1 Å². The molecule has 1 atom stereocenters. The van der Waals surface area contributed by atoms with Crippen LogP contribution >= 0.6 is 0 Å². The summed E-state index contributed by atoms with van der Waals surface area (Å²) in [6.45, 7) is 3.54. The zero-order valence-corrected chi connectivity index (χ0v) is 24.7. The number of benzene rings is 2. The molecule has 2 aromatic carbocycles. The van der Waals surface area contributed by atoms with Crippen LogP contribution in [0.1, 0.15) is 108 Å². The Balaban J connectivity index is 1.46. The summed E-state index contributed by atoms with van der Waals surface area (Å²) in [6, 6.07) is 13.8. The first-order valence-corrected chi connectivity index (χ1v) is 15.3. The SMILES string of the molecule is CCCCCCCCCCCCCCCCn1c(N)[n+](CC(O)c2ccc(OC)c(OC)c2)c2ccccc21. The molecule has 39 heavy (non-hydrogen) atoms. The van der Waals surface area contributed by atoms with Gasteiger partial charge in [0, 0.05) is 0 Å². The first kappa shape index (κ1) is 30.8. The average Bonchev–Trinajstić information content (AvgIpc) is 3.22. The number of nitrogen functional groups attached to an aromatic ring is 1. The third-order valence-corrected chi connectivity index (χ3v) is 7.90. The molecule has 1 unspecified atom stereocenters. The third kappa shape index (κ3) is 9.16. The Hall–Kier alpha value is -2.73. The normalized spacial score (nSPS) is 12.2. The lowest BCUT2D eigenvalue weighted by Crippen LogP contribution is -2.39. The number of para-hydroxylation sites is 2. The predicted molar refractivity (Wildman–Crippen MR) is 161 cm³/mol. The van der Waals surface area contributed by atoms with Crippen LogP contribution in [-0.2, 0) is 13.1 Å². The van der Waals surface area contributed by atoms with Crippen LogP contribution in [0.2, 0.25) is 0 Å². The maximum absolute atomic E-state index is 11.1. The number of anilines is 1.